The third-order valence-electron chi connectivity index (χ3n) is 4.37. The zero-order chi connectivity index (χ0) is 17.1. The van der Waals surface area contributed by atoms with Crippen molar-refractivity contribution in [3.63, 3.8) is 0 Å². The maximum absolute atomic E-state index is 3.31. The van der Waals surface area contributed by atoms with Crippen LogP contribution in [0.1, 0.15) is 0 Å². The number of benzene rings is 4. The van der Waals surface area contributed by atoms with Gasteiger partial charge in [0.15, 0.2) is 0 Å². The summed E-state index contributed by atoms with van der Waals surface area (Å²) in [5.74, 6) is 0. The van der Waals surface area contributed by atoms with Crippen molar-refractivity contribution in [1.29, 1.82) is 0 Å². The van der Waals surface area contributed by atoms with Crippen LogP contribution in [0, 0.1) is 0 Å². The second kappa shape index (κ2) is 7.11. The molecule has 1 radical (unpaired) electrons. The predicted octanol–water partition coefficient (Wildman–Crippen LogP) is 5.48. The minimum absolute atomic E-state index is 1.19. The quantitative estimate of drug-likeness (QED) is 0.410. The van der Waals surface area contributed by atoms with Crippen molar-refractivity contribution in [2.75, 3.05) is 0 Å². The first kappa shape index (κ1) is 15.9. The van der Waals surface area contributed by atoms with Crippen LogP contribution in [0.4, 0.5) is 0 Å². The molecule has 0 aliphatic carbocycles. The minimum atomic E-state index is 1.19. The van der Waals surface area contributed by atoms with Crippen LogP contribution < -0.4 is 4.46 Å². The van der Waals surface area contributed by atoms with Crippen molar-refractivity contribution in [3.8, 4) is 33.4 Å². The van der Waals surface area contributed by atoms with E-state index in [2.05, 4.69) is 119 Å². The van der Waals surface area contributed by atoms with E-state index in [9.17, 15) is 0 Å². The molecule has 0 saturated carbocycles. The fourth-order valence-electron chi connectivity index (χ4n) is 3.09. The van der Waals surface area contributed by atoms with Crippen LogP contribution in [0.5, 0.6) is 0 Å². The predicted molar refractivity (Wildman–Crippen MR) is 108 cm³/mol. The zero-order valence-corrected chi connectivity index (χ0v) is 15.4. The zero-order valence-electron chi connectivity index (χ0n) is 13.7. The van der Waals surface area contributed by atoms with Crippen LogP contribution in [0.15, 0.2) is 103 Å². The van der Waals surface area contributed by atoms with E-state index < -0.39 is 0 Å². The van der Waals surface area contributed by atoms with Crippen LogP contribution in [0.2, 0.25) is 0 Å². The first-order chi connectivity index (χ1) is 12.3. The topological polar surface area (TPSA) is 0 Å². The summed E-state index contributed by atoms with van der Waals surface area (Å²) in [6, 6.07) is 36.3. The van der Waals surface area contributed by atoms with Crippen LogP contribution >= 0.6 is 0 Å². The van der Waals surface area contributed by atoms with Gasteiger partial charge in [-0.25, -0.2) is 0 Å². The molecule has 4 rings (SSSR count). The van der Waals surface area contributed by atoms with Gasteiger partial charge in [0.1, 0.15) is 0 Å². The van der Waals surface area contributed by atoms with E-state index in [0.29, 0.717) is 0 Å². The molecule has 4 aromatic carbocycles. The van der Waals surface area contributed by atoms with Crippen LogP contribution in [0.25, 0.3) is 33.4 Å². The van der Waals surface area contributed by atoms with Gasteiger partial charge in [-0.3, -0.25) is 0 Å². The summed E-state index contributed by atoms with van der Waals surface area (Å²) in [7, 11) is 0. The Morgan fingerprint density at radius 2 is 0.760 bits per heavy atom. The van der Waals surface area contributed by atoms with Crippen molar-refractivity contribution in [1.82, 2.24) is 0 Å². The number of hydrogen-bond acceptors (Lipinski definition) is 0. The fourth-order valence-corrected chi connectivity index (χ4v) is 3.83. The van der Waals surface area contributed by atoms with E-state index in [-0.39, 0.29) is 0 Å². The van der Waals surface area contributed by atoms with Gasteiger partial charge in [-0.2, -0.15) is 0 Å². The Morgan fingerprint density at radius 3 is 1.16 bits per heavy atom. The van der Waals surface area contributed by atoms with E-state index in [1.165, 1.54) is 37.8 Å². The molecule has 0 fully saturated rings. The first-order valence-corrected chi connectivity index (χ1v) is 9.20. The van der Waals surface area contributed by atoms with Crippen molar-refractivity contribution < 1.29 is 0 Å². The van der Waals surface area contributed by atoms with Gasteiger partial charge in [-0.05, 0) is 0 Å². The van der Waals surface area contributed by atoms with E-state index in [1.54, 1.807) is 0 Å². The van der Waals surface area contributed by atoms with Crippen molar-refractivity contribution in [2.24, 2.45) is 0 Å². The first-order valence-electron chi connectivity index (χ1n) is 8.34. The Kier molecular flexibility index (Phi) is 4.52. The molecule has 0 N–H and O–H groups in total. The Hall–Kier alpha value is -2.60. The van der Waals surface area contributed by atoms with Crippen LogP contribution in [0.3, 0.4) is 0 Å². The van der Waals surface area contributed by atoms with Gasteiger partial charge in [0.2, 0.25) is 0 Å². The second-order valence-electron chi connectivity index (χ2n) is 6.00. The van der Waals surface area contributed by atoms with E-state index in [0.717, 1.165) is 0 Å². The van der Waals surface area contributed by atoms with Gasteiger partial charge in [-0.15, -0.1) is 0 Å². The molecular weight excluding hydrogens is 367 g/mol. The van der Waals surface area contributed by atoms with Gasteiger partial charge in [0.05, 0.1) is 0 Å². The number of hydrogen-bond donors (Lipinski definition) is 0. The fraction of sp³-hybridized carbons (Fsp3) is 0. The molecule has 0 aliphatic heterocycles. The molecule has 0 amide bonds. The Bertz CT molecular complexity index is 914. The molecule has 0 nitrogen and oxygen atoms in total. The Labute approximate surface area is 157 Å². The van der Waals surface area contributed by atoms with Gasteiger partial charge >= 0.3 is 157 Å². The van der Waals surface area contributed by atoms with Gasteiger partial charge < -0.3 is 0 Å². The van der Waals surface area contributed by atoms with Gasteiger partial charge in [-0.1, -0.05) is 0 Å². The standard InChI is InChI=1S/C24H17Se/c25-24-22(19-12-6-2-7-13-19)16-21(18-10-4-1-5-11-18)17-23(24)20-14-8-3-9-15-20/h1-17H. The van der Waals surface area contributed by atoms with E-state index >= 15 is 0 Å². The molecule has 0 saturated heterocycles. The molecule has 4 aromatic rings. The van der Waals surface area contributed by atoms with E-state index in [1.807, 2.05) is 0 Å². The van der Waals surface area contributed by atoms with Crippen molar-refractivity contribution >= 4 is 20.5 Å². The summed E-state index contributed by atoms with van der Waals surface area (Å²) in [5, 5.41) is 0. The maximum atomic E-state index is 3.31. The molecule has 0 unspecified atom stereocenters. The molecule has 25 heavy (non-hydrogen) atoms. The Balaban J connectivity index is 1.98. The summed E-state index contributed by atoms with van der Waals surface area (Å²) < 4.78 is 1.19. The molecule has 0 bridgehead atoms. The van der Waals surface area contributed by atoms with Crippen molar-refractivity contribution in [2.45, 2.75) is 0 Å². The normalized spacial score (nSPS) is 10.6. The molecule has 0 atom stereocenters. The number of rotatable bonds is 3. The summed E-state index contributed by atoms with van der Waals surface area (Å²) >= 11 is 3.31. The van der Waals surface area contributed by atoms with Crippen LogP contribution in [-0.2, 0) is 0 Å². The molecule has 0 aromatic heterocycles. The molecule has 0 spiro atoms. The second-order valence-corrected chi connectivity index (χ2v) is 6.86. The van der Waals surface area contributed by atoms with Crippen LogP contribution in [-0.4, -0.2) is 16.0 Å². The monoisotopic (exact) mass is 385 g/mol. The Morgan fingerprint density at radius 1 is 0.400 bits per heavy atom. The summed E-state index contributed by atoms with van der Waals surface area (Å²) in [6.45, 7) is 0. The molecule has 0 aliphatic rings. The van der Waals surface area contributed by atoms with Crippen molar-refractivity contribution in [3.05, 3.63) is 103 Å². The van der Waals surface area contributed by atoms with E-state index in [4.69, 9.17) is 0 Å². The summed E-state index contributed by atoms with van der Waals surface area (Å²) in [4.78, 5) is 0. The van der Waals surface area contributed by atoms with Gasteiger partial charge in [0, 0.05) is 0 Å². The average Bonchev–Trinajstić information content (AvgIpc) is 2.70. The average molecular weight is 384 g/mol. The molecule has 0 heterocycles. The molecular formula is C24H17Se. The molecule has 119 valence electrons. The summed E-state index contributed by atoms with van der Waals surface area (Å²) in [6.07, 6.45) is 0. The third kappa shape index (κ3) is 3.30. The SMILES string of the molecule is [Se]c1c(-c2ccccc2)cc(-c2ccccc2)cc1-c1ccccc1. The summed E-state index contributed by atoms with van der Waals surface area (Å²) in [5.41, 5.74) is 7.40. The third-order valence-corrected chi connectivity index (χ3v) is 5.29. The molecule has 1 heteroatoms. The van der Waals surface area contributed by atoms with Gasteiger partial charge in [0.25, 0.3) is 0 Å².